The monoisotopic (exact) mass is 215 g/mol. The van der Waals surface area contributed by atoms with Gasteiger partial charge in [-0.2, -0.15) is 0 Å². The molecule has 15 heavy (non-hydrogen) atoms. The third-order valence-electron chi connectivity index (χ3n) is 2.61. The van der Waals surface area contributed by atoms with Crippen LogP contribution in [0.1, 0.15) is 47.5 Å². The number of amides is 1. The Morgan fingerprint density at radius 2 is 1.73 bits per heavy atom. The fourth-order valence-corrected chi connectivity index (χ4v) is 1.47. The van der Waals surface area contributed by atoms with E-state index in [0.29, 0.717) is 5.92 Å². The van der Waals surface area contributed by atoms with Crippen molar-refractivity contribution in [1.29, 1.82) is 0 Å². The van der Waals surface area contributed by atoms with Gasteiger partial charge in [-0.05, 0) is 26.7 Å². The van der Waals surface area contributed by atoms with Gasteiger partial charge in [0, 0.05) is 13.1 Å². The molecule has 90 valence electrons. The first-order chi connectivity index (χ1) is 7.04. The van der Waals surface area contributed by atoms with Crippen LogP contribution >= 0.6 is 0 Å². The van der Waals surface area contributed by atoms with Gasteiger partial charge in [0.05, 0.1) is 6.10 Å². The highest BCUT2D eigenvalue weighted by molar-refractivity contribution is 5.67. The lowest BCUT2D eigenvalue weighted by molar-refractivity contribution is 0.0730. The topological polar surface area (TPSA) is 29.5 Å². The van der Waals surface area contributed by atoms with Crippen molar-refractivity contribution in [2.75, 3.05) is 13.1 Å². The van der Waals surface area contributed by atoms with Crippen LogP contribution in [0, 0.1) is 5.92 Å². The third-order valence-corrected chi connectivity index (χ3v) is 2.61. The maximum absolute atomic E-state index is 11.7. The predicted molar refractivity (Wildman–Crippen MR) is 62.9 cm³/mol. The van der Waals surface area contributed by atoms with Crippen LogP contribution in [0.15, 0.2) is 0 Å². The smallest absolute Gasteiger partial charge is 0.410 e. The number of carbonyl (C=O) groups excluding carboxylic acids is 1. The van der Waals surface area contributed by atoms with Crippen molar-refractivity contribution in [3.8, 4) is 0 Å². The summed E-state index contributed by atoms with van der Waals surface area (Å²) in [4.78, 5) is 13.4. The molecule has 0 aliphatic heterocycles. The SMILES string of the molecule is CCC(CC)CN(CC)C(=O)OC(C)C. The van der Waals surface area contributed by atoms with E-state index < -0.39 is 0 Å². The molecule has 0 aromatic carbocycles. The predicted octanol–water partition coefficient (Wildman–Crippen LogP) is 3.29. The van der Waals surface area contributed by atoms with E-state index in [-0.39, 0.29) is 12.2 Å². The Morgan fingerprint density at radius 1 is 1.20 bits per heavy atom. The molecular weight excluding hydrogens is 190 g/mol. The van der Waals surface area contributed by atoms with Crippen molar-refractivity contribution >= 4 is 6.09 Å². The lowest BCUT2D eigenvalue weighted by atomic mass is 10.0. The van der Waals surface area contributed by atoms with Gasteiger partial charge in [0.15, 0.2) is 0 Å². The Bertz CT molecular complexity index is 176. The number of carbonyl (C=O) groups is 1. The summed E-state index contributed by atoms with van der Waals surface area (Å²) in [6.45, 7) is 11.6. The Labute approximate surface area is 93.8 Å². The highest BCUT2D eigenvalue weighted by Crippen LogP contribution is 2.11. The standard InChI is InChI=1S/C12H25NO2/c1-6-11(7-2)9-13(8-3)12(14)15-10(4)5/h10-11H,6-9H2,1-5H3. The summed E-state index contributed by atoms with van der Waals surface area (Å²) in [5.74, 6) is 0.588. The molecule has 0 aromatic heterocycles. The van der Waals surface area contributed by atoms with Gasteiger partial charge >= 0.3 is 6.09 Å². The van der Waals surface area contributed by atoms with Gasteiger partial charge in [0.2, 0.25) is 0 Å². The van der Waals surface area contributed by atoms with Crippen molar-refractivity contribution in [1.82, 2.24) is 4.90 Å². The minimum Gasteiger partial charge on any atom is -0.447 e. The second-order valence-electron chi connectivity index (χ2n) is 4.15. The van der Waals surface area contributed by atoms with E-state index in [0.717, 1.165) is 25.9 Å². The van der Waals surface area contributed by atoms with E-state index in [1.807, 2.05) is 20.8 Å². The Balaban J connectivity index is 4.16. The van der Waals surface area contributed by atoms with Crippen LogP contribution in [0.25, 0.3) is 0 Å². The van der Waals surface area contributed by atoms with Crippen LogP contribution in [0.2, 0.25) is 0 Å². The highest BCUT2D eigenvalue weighted by Gasteiger charge is 2.17. The molecule has 3 heteroatoms. The molecule has 0 radical (unpaired) electrons. The Morgan fingerprint density at radius 3 is 2.07 bits per heavy atom. The summed E-state index contributed by atoms with van der Waals surface area (Å²) >= 11 is 0. The van der Waals surface area contributed by atoms with E-state index in [2.05, 4.69) is 13.8 Å². The molecule has 0 unspecified atom stereocenters. The minimum atomic E-state index is -0.181. The highest BCUT2D eigenvalue weighted by atomic mass is 16.6. The van der Waals surface area contributed by atoms with Gasteiger partial charge in [-0.3, -0.25) is 0 Å². The fourth-order valence-electron chi connectivity index (χ4n) is 1.47. The van der Waals surface area contributed by atoms with Crippen molar-refractivity contribution < 1.29 is 9.53 Å². The van der Waals surface area contributed by atoms with Crippen LogP contribution in [-0.2, 0) is 4.74 Å². The number of hydrogen-bond acceptors (Lipinski definition) is 2. The van der Waals surface area contributed by atoms with E-state index in [4.69, 9.17) is 4.74 Å². The second kappa shape index (κ2) is 7.55. The van der Waals surface area contributed by atoms with Gasteiger partial charge in [-0.25, -0.2) is 4.79 Å². The van der Waals surface area contributed by atoms with Gasteiger partial charge in [0.25, 0.3) is 0 Å². The largest absolute Gasteiger partial charge is 0.447 e. The zero-order chi connectivity index (χ0) is 11.8. The maximum Gasteiger partial charge on any atom is 0.410 e. The van der Waals surface area contributed by atoms with Crippen molar-refractivity contribution in [3.63, 3.8) is 0 Å². The molecule has 0 fully saturated rings. The summed E-state index contributed by atoms with van der Waals surface area (Å²) in [7, 11) is 0. The summed E-state index contributed by atoms with van der Waals surface area (Å²) in [6, 6.07) is 0. The van der Waals surface area contributed by atoms with Crippen LogP contribution in [-0.4, -0.2) is 30.2 Å². The van der Waals surface area contributed by atoms with Gasteiger partial charge in [-0.1, -0.05) is 26.7 Å². The number of ether oxygens (including phenoxy) is 1. The van der Waals surface area contributed by atoms with Gasteiger partial charge in [0.1, 0.15) is 0 Å². The lowest BCUT2D eigenvalue weighted by Crippen LogP contribution is -2.36. The van der Waals surface area contributed by atoms with Crippen LogP contribution in [0.3, 0.4) is 0 Å². The summed E-state index contributed by atoms with van der Waals surface area (Å²) < 4.78 is 5.18. The molecule has 0 aliphatic rings. The Kier molecular flexibility index (Phi) is 7.18. The zero-order valence-electron chi connectivity index (χ0n) is 10.7. The normalized spacial score (nSPS) is 10.9. The van der Waals surface area contributed by atoms with Crippen LogP contribution in [0.4, 0.5) is 4.79 Å². The first-order valence-electron chi connectivity index (χ1n) is 6.00. The van der Waals surface area contributed by atoms with Crippen molar-refractivity contribution in [2.24, 2.45) is 5.92 Å². The Hall–Kier alpha value is -0.730. The molecule has 1 amide bonds. The van der Waals surface area contributed by atoms with Crippen LogP contribution < -0.4 is 0 Å². The molecule has 0 saturated heterocycles. The van der Waals surface area contributed by atoms with E-state index >= 15 is 0 Å². The summed E-state index contributed by atoms with van der Waals surface area (Å²) in [6.07, 6.45) is 2.01. The van der Waals surface area contributed by atoms with Gasteiger partial charge in [-0.15, -0.1) is 0 Å². The van der Waals surface area contributed by atoms with Crippen molar-refractivity contribution in [3.05, 3.63) is 0 Å². The molecule has 0 atom stereocenters. The zero-order valence-corrected chi connectivity index (χ0v) is 10.7. The summed E-state index contributed by atoms with van der Waals surface area (Å²) in [5.41, 5.74) is 0. The summed E-state index contributed by atoms with van der Waals surface area (Å²) in [5, 5.41) is 0. The fraction of sp³-hybridized carbons (Fsp3) is 0.917. The van der Waals surface area contributed by atoms with E-state index in [1.165, 1.54) is 0 Å². The maximum atomic E-state index is 11.7. The molecule has 0 rings (SSSR count). The molecule has 0 heterocycles. The first-order valence-corrected chi connectivity index (χ1v) is 6.00. The third kappa shape index (κ3) is 5.65. The number of hydrogen-bond donors (Lipinski definition) is 0. The number of rotatable bonds is 6. The average molecular weight is 215 g/mol. The molecule has 0 spiro atoms. The second-order valence-corrected chi connectivity index (χ2v) is 4.15. The molecule has 0 aliphatic carbocycles. The van der Waals surface area contributed by atoms with E-state index in [9.17, 15) is 4.79 Å². The quantitative estimate of drug-likeness (QED) is 0.680. The van der Waals surface area contributed by atoms with Crippen LogP contribution in [0.5, 0.6) is 0 Å². The molecular formula is C12H25NO2. The molecule has 0 saturated carbocycles. The molecule has 3 nitrogen and oxygen atoms in total. The lowest BCUT2D eigenvalue weighted by Gasteiger charge is -2.25. The van der Waals surface area contributed by atoms with Crippen molar-refractivity contribution in [2.45, 2.75) is 53.6 Å². The number of nitrogens with zero attached hydrogens (tertiary/aromatic N) is 1. The van der Waals surface area contributed by atoms with Gasteiger partial charge < -0.3 is 9.64 Å². The average Bonchev–Trinajstić information content (AvgIpc) is 2.18. The molecule has 0 aromatic rings. The molecule has 0 N–H and O–H groups in total. The molecule has 0 bridgehead atoms. The minimum absolute atomic E-state index is 0.0340. The first kappa shape index (κ1) is 14.3. The van der Waals surface area contributed by atoms with E-state index in [1.54, 1.807) is 4.90 Å².